The van der Waals surface area contributed by atoms with Crippen LogP contribution >= 0.6 is 35.0 Å². The van der Waals surface area contributed by atoms with E-state index in [9.17, 15) is 5.11 Å². The third-order valence-electron chi connectivity index (χ3n) is 2.16. The zero-order chi connectivity index (χ0) is 12.8. The standard InChI is InChI=1S/C12H17Cl2NOS/c1-15(2)6-11(16)8-17-7-9-3-4-10(13)5-12(9)14/h3-5,11,16H,6-8H2,1-2H3. The van der Waals surface area contributed by atoms with Crippen LogP contribution in [0.4, 0.5) is 0 Å². The molecule has 0 saturated carbocycles. The lowest BCUT2D eigenvalue weighted by atomic mass is 10.2. The van der Waals surface area contributed by atoms with Crippen molar-refractivity contribution in [3.8, 4) is 0 Å². The highest BCUT2D eigenvalue weighted by Crippen LogP contribution is 2.24. The zero-order valence-electron chi connectivity index (χ0n) is 9.99. The van der Waals surface area contributed by atoms with Crippen molar-refractivity contribution in [3.63, 3.8) is 0 Å². The van der Waals surface area contributed by atoms with Gasteiger partial charge in [0.1, 0.15) is 0 Å². The fraction of sp³-hybridized carbons (Fsp3) is 0.500. The van der Waals surface area contributed by atoms with Gasteiger partial charge in [-0.15, -0.1) is 0 Å². The highest BCUT2D eigenvalue weighted by Gasteiger charge is 2.07. The minimum atomic E-state index is -0.305. The van der Waals surface area contributed by atoms with E-state index in [0.29, 0.717) is 22.3 Å². The van der Waals surface area contributed by atoms with E-state index in [1.54, 1.807) is 17.8 Å². The van der Waals surface area contributed by atoms with E-state index < -0.39 is 0 Å². The number of rotatable bonds is 6. The fourth-order valence-corrected chi connectivity index (χ4v) is 2.94. The van der Waals surface area contributed by atoms with Crippen LogP contribution in [0.5, 0.6) is 0 Å². The average Bonchev–Trinajstić information content (AvgIpc) is 2.20. The van der Waals surface area contributed by atoms with Crippen molar-refractivity contribution >= 4 is 35.0 Å². The first-order valence-electron chi connectivity index (χ1n) is 5.33. The number of aliphatic hydroxyl groups is 1. The predicted octanol–water partition coefficient (Wildman–Crippen LogP) is 3.15. The summed E-state index contributed by atoms with van der Waals surface area (Å²) in [5, 5.41) is 11.0. The summed E-state index contributed by atoms with van der Waals surface area (Å²) in [7, 11) is 3.90. The van der Waals surface area contributed by atoms with Gasteiger partial charge >= 0.3 is 0 Å². The monoisotopic (exact) mass is 293 g/mol. The number of likely N-dealkylation sites (N-methyl/N-ethyl adjacent to an activating group) is 1. The van der Waals surface area contributed by atoms with Crippen molar-refractivity contribution in [1.82, 2.24) is 4.90 Å². The van der Waals surface area contributed by atoms with Crippen molar-refractivity contribution in [2.75, 3.05) is 26.4 Å². The Morgan fingerprint density at radius 3 is 2.65 bits per heavy atom. The van der Waals surface area contributed by atoms with Gasteiger partial charge in [-0.3, -0.25) is 0 Å². The number of hydrogen-bond donors (Lipinski definition) is 1. The quantitative estimate of drug-likeness (QED) is 0.872. The second-order valence-corrected chi connectivity index (χ2v) is 6.04. The van der Waals surface area contributed by atoms with Gasteiger partial charge in [-0.25, -0.2) is 0 Å². The normalized spacial score (nSPS) is 13.1. The Labute approximate surface area is 117 Å². The van der Waals surface area contributed by atoms with Gasteiger partial charge in [0, 0.05) is 28.1 Å². The smallest absolute Gasteiger partial charge is 0.0757 e. The van der Waals surface area contributed by atoms with Crippen molar-refractivity contribution in [2.45, 2.75) is 11.9 Å². The van der Waals surface area contributed by atoms with Gasteiger partial charge in [0.15, 0.2) is 0 Å². The summed E-state index contributed by atoms with van der Waals surface area (Å²) in [5.41, 5.74) is 1.05. The van der Waals surface area contributed by atoms with Gasteiger partial charge in [0.2, 0.25) is 0 Å². The lowest BCUT2D eigenvalue weighted by molar-refractivity contribution is 0.158. The van der Waals surface area contributed by atoms with Crippen LogP contribution in [-0.2, 0) is 5.75 Å². The van der Waals surface area contributed by atoms with Crippen molar-refractivity contribution in [1.29, 1.82) is 0 Å². The molecule has 1 N–H and O–H groups in total. The molecule has 0 aliphatic rings. The SMILES string of the molecule is CN(C)CC(O)CSCc1ccc(Cl)cc1Cl. The summed E-state index contributed by atoms with van der Waals surface area (Å²) < 4.78 is 0. The Kier molecular flexibility index (Phi) is 6.67. The van der Waals surface area contributed by atoms with E-state index >= 15 is 0 Å². The van der Waals surface area contributed by atoms with Crippen molar-refractivity contribution in [2.24, 2.45) is 0 Å². The van der Waals surface area contributed by atoms with E-state index in [-0.39, 0.29) is 6.10 Å². The third-order valence-corrected chi connectivity index (χ3v) is 3.88. The molecule has 17 heavy (non-hydrogen) atoms. The highest BCUT2D eigenvalue weighted by atomic mass is 35.5. The van der Waals surface area contributed by atoms with Crippen LogP contribution in [-0.4, -0.2) is 42.5 Å². The van der Waals surface area contributed by atoms with Crippen LogP contribution in [0, 0.1) is 0 Å². The molecule has 0 fully saturated rings. The van der Waals surface area contributed by atoms with Crippen molar-refractivity contribution in [3.05, 3.63) is 33.8 Å². The summed E-state index contributed by atoms with van der Waals surface area (Å²) in [5.74, 6) is 1.50. The number of aliphatic hydroxyl groups excluding tert-OH is 1. The topological polar surface area (TPSA) is 23.5 Å². The minimum absolute atomic E-state index is 0.305. The number of halogens is 2. The molecular weight excluding hydrogens is 277 g/mol. The van der Waals surface area contributed by atoms with Gasteiger partial charge in [-0.05, 0) is 31.8 Å². The van der Waals surface area contributed by atoms with Crippen LogP contribution < -0.4 is 0 Å². The van der Waals surface area contributed by atoms with Crippen molar-refractivity contribution < 1.29 is 5.11 Å². The Bertz CT molecular complexity index is 360. The summed E-state index contributed by atoms with van der Waals surface area (Å²) in [6.07, 6.45) is -0.305. The maximum absolute atomic E-state index is 9.69. The zero-order valence-corrected chi connectivity index (χ0v) is 12.3. The average molecular weight is 294 g/mol. The molecule has 96 valence electrons. The number of thioether (sulfide) groups is 1. The molecule has 0 heterocycles. The number of nitrogens with zero attached hydrogens (tertiary/aromatic N) is 1. The maximum atomic E-state index is 9.69. The van der Waals surface area contributed by atoms with Gasteiger partial charge in [-0.2, -0.15) is 11.8 Å². The maximum Gasteiger partial charge on any atom is 0.0757 e. The molecule has 5 heteroatoms. The number of hydrogen-bond acceptors (Lipinski definition) is 3. The van der Waals surface area contributed by atoms with Crippen LogP contribution in [0.1, 0.15) is 5.56 Å². The first-order valence-corrected chi connectivity index (χ1v) is 7.24. The molecule has 0 spiro atoms. The van der Waals surface area contributed by atoms with E-state index in [1.807, 2.05) is 31.1 Å². The summed E-state index contributed by atoms with van der Waals surface area (Å²) in [6, 6.07) is 5.50. The van der Waals surface area contributed by atoms with E-state index in [4.69, 9.17) is 23.2 Å². The molecule has 0 aromatic heterocycles. The van der Waals surface area contributed by atoms with Crippen LogP contribution in [0.25, 0.3) is 0 Å². The van der Waals surface area contributed by atoms with Gasteiger partial charge in [0.25, 0.3) is 0 Å². The molecular formula is C12H17Cl2NOS. The van der Waals surface area contributed by atoms with Gasteiger partial charge < -0.3 is 10.0 Å². The molecule has 0 amide bonds. The second-order valence-electron chi connectivity index (χ2n) is 4.17. The predicted molar refractivity (Wildman–Crippen MR) is 77.2 cm³/mol. The van der Waals surface area contributed by atoms with Crippen LogP contribution in [0.2, 0.25) is 10.0 Å². The molecule has 0 saturated heterocycles. The fourth-order valence-electron chi connectivity index (χ4n) is 1.42. The number of benzene rings is 1. The first-order chi connectivity index (χ1) is 7.99. The first kappa shape index (κ1) is 15.1. The Morgan fingerprint density at radius 2 is 2.06 bits per heavy atom. The third kappa shape index (κ3) is 5.98. The molecule has 1 rings (SSSR count). The molecule has 0 radical (unpaired) electrons. The van der Waals surface area contributed by atoms with E-state index in [2.05, 4.69) is 0 Å². The highest BCUT2D eigenvalue weighted by molar-refractivity contribution is 7.98. The Balaban J connectivity index is 2.35. The molecule has 0 aliphatic heterocycles. The summed E-state index contributed by atoms with van der Waals surface area (Å²) in [4.78, 5) is 1.97. The van der Waals surface area contributed by atoms with E-state index in [1.165, 1.54) is 0 Å². The van der Waals surface area contributed by atoms with Crippen LogP contribution in [0.3, 0.4) is 0 Å². The molecule has 1 aromatic rings. The minimum Gasteiger partial charge on any atom is -0.391 e. The Morgan fingerprint density at radius 1 is 1.35 bits per heavy atom. The molecule has 1 aromatic carbocycles. The van der Waals surface area contributed by atoms with Gasteiger partial charge in [0.05, 0.1) is 6.10 Å². The largest absolute Gasteiger partial charge is 0.391 e. The summed E-state index contributed by atoms with van der Waals surface area (Å²) in [6.45, 7) is 0.682. The lowest BCUT2D eigenvalue weighted by Gasteiger charge is -2.15. The molecule has 1 unspecified atom stereocenters. The Hall–Kier alpha value is 0.0700. The molecule has 0 aliphatic carbocycles. The second kappa shape index (κ2) is 7.49. The summed E-state index contributed by atoms with van der Waals surface area (Å²) >= 11 is 13.6. The lowest BCUT2D eigenvalue weighted by Crippen LogP contribution is -2.27. The molecule has 2 nitrogen and oxygen atoms in total. The van der Waals surface area contributed by atoms with E-state index in [0.717, 1.165) is 11.3 Å². The molecule has 0 bridgehead atoms. The molecule has 1 atom stereocenters. The van der Waals surface area contributed by atoms with Gasteiger partial charge in [-0.1, -0.05) is 29.3 Å². The van der Waals surface area contributed by atoms with Crippen LogP contribution in [0.15, 0.2) is 18.2 Å².